The average Bonchev–Trinajstić information content (AvgIpc) is 2.86. The molecule has 1 aliphatic rings. The lowest BCUT2D eigenvalue weighted by Gasteiger charge is -2.41. The van der Waals surface area contributed by atoms with Crippen LogP contribution in [0, 0.1) is 11.7 Å². The molecule has 34 heavy (non-hydrogen) atoms. The van der Waals surface area contributed by atoms with Crippen LogP contribution >= 0.6 is 0 Å². The van der Waals surface area contributed by atoms with Crippen LogP contribution in [0.2, 0.25) is 0 Å². The number of rotatable bonds is 8. The van der Waals surface area contributed by atoms with Crippen molar-refractivity contribution in [3.8, 4) is 0 Å². The number of halogens is 1. The van der Waals surface area contributed by atoms with Crippen molar-refractivity contribution >= 4 is 5.91 Å². The molecule has 0 radical (unpaired) electrons. The van der Waals surface area contributed by atoms with Gasteiger partial charge in [0.05, 0.1) is 18.3 Å². The summed E-state index contributed by atoms with van der Waals surface area (Å²) in [7, 11) is 2.16. The Hall–Kier alpha value is -3.05. The molecule has 0 aliphatic carbocycles. The van der Waals surface area contributed by atoms with E-state index in [-0.39, 0.29) is 23.7 Å². The average molecular weight is 460 g/mol. The lowest BCUT2D eigenvalue weighted by Crippen LogP contribution is -2.42. The predicted octanol–water partition coefficient (Wildman–Crippen LogP) is 5.83. The Morgan fingerprint density at radius 1 is 1.00 bits per heavy atom. The summed E-state index contributed by atoms with van der Waals surface area (Å²) in [4.78, 5) is 22.9. The molecule has 0 saturated carbocycles. The summed E-state index contributed by atoms with van der Waals surface area (Å²) in [6, 6.07) is 22.8. The Bertz CT molecular complexity index is 1030. The van der Waals surface area contributed by atoms with E-state index >= 15 is 0 Å². The number of hydrogen-bond donors (Lipinski definition) is 0. The number of carbonyl (C=O) groups excluding carboxylic acids is 1. The molecule has 2 atom stereocenters. The number of benzene rings is 2. The van der Waals surface area contributed by atoms with E-state index in [4.69, 9.17) is 0 Å². The summed E-state index contributed by atoms with van der Waals surface area (Å²) in [5.41, 5.74) is 3.04. The van der Waals surface area contributed by atoms with Gasteiger partial charge in [-0.1, -0.05) is 55.5 Å². The number of pyridine rings is 1. The standard InChI is InChI=1S/C29H34FN3O/c1-22(23-11-13-26(30)14-12-23)20-28(34)33(21-27-10-6-7-17-31-27)29(24-8-4-3-5-9-24)25-15-18-32(2)19-16-25/h3-14,17,22,25,29H,15-16,18-21H2,1-2H3. The Labute approximate surface area is 202 Å². The van der Waals surface area contributed by atoms with Crippen molar-refractivity contribution in [1.29, 1.82) is 0 Å². The van der Waals surface area contributed by atoms with E-state index in [1.165, 1.54) is 17.7 Å². The van der Waals surface area contributed by atoms with Crippen molar-refractivity contribution in [1.82, 2.24) is 14.8 Å². The zero-order valence-electron chi connectivity index (χ0n) is 20.1. The maximum absolute atomic E-state index is 13.9. The van der Waals surface area contributed by atoms with Gasteiger partial charge < -0.3 is 9.80 Å². The molecule has 2 heterocycles. The van der Waals surface area contributed by atoms with Gasteiger partial charge in [0.15, 0.2) is 0 Å². The molecular weight excluding hydrogens is 425 g/mol. The van der Waals surface area contributed by atoms with Gasteiger partial charge in [-0.15, -0.1) is 0 Å². The molecule has 1 aromatic heterocycles. The van der Waals surface area contributed by atoms with E-state index in [0.29, 0.717) is 18.9 Å². The van der Waals surface area contributed by atoms with Gasteiger partial charge in [0.25, 0.3) is 0 Å². The largest absolute Gasteiger partial charge is 0.329 e. The summed E-state index contributed by atoms with van der Waals surface area (Å²) in [6.07, 6.45) is 4.26. The van der Waals surface area contributed by atoms with Crippen LogP contribution < -0.4 is 0 Å². The van der Waals surface area contributed by atoms with Crippen molar-refractivity contribution in [2.45, 2.75) is 44.7 Å². The normalized spacial score (nSPS) is 16.7. The molecule has 2 unspecified atom stereocenters. The van der Waals surface area contributed by atoms with Crippen molar-refractivity contribution in [2.75, 3.05) is 20.1 Å². The molecule has 0 bridgehead atoms. The van der Waals surface area contributed by atoms with Crippen LogP contribution in [-0.2, 0) is 11.3 Å². The fourth-order valence-corrected chi connectivity index (χ4v) is 5.00. The lowest BCUT2D eigenvalue weighted by molar-refractivity contribution is -0.136. The number of carbonyl (C=O) groups is 1. The monoisotopic (exact) mass is 459 g/mol. The third kappa shape index (κ3) is 6.09. The first kappa shape index (κ1) is 24.1. The summed E-state index contributed by atoms with van der Waals surface area (Å²) in [5, 5.41) is 0. The number of hydrogen-bond acceptors (Lipinski definition) is 3. The van der Waals surface area contributed by atoms with Gasteiger partial charge in [0, 0.05) is 12.6 Å². The van der Waals surface area contributed by atoms with E-state index < -0.39 is 0 Å². The highest BCUT2D eigenvalue weighted by Crippen LogP contribution is 2.37. The van der Waals surface area contributed by atoms with Gasteiger partial charge in [-0.2, -0.15) is 0 Å². The van der Waals surface area contributed by atoms with Crippen molar-refractivity contribution in [2.24, 2.45) is 5.92 Å². The first-order valence-corrected chi connectivity index (χ1v) is 12.2. The van der Waals surface area contributed by atoms with Crippen LogP contribution in [0.25, 0.3) is 0 Å². The molecule has 5 heteroatoms. The molecule has 178 valence electrons. The third-order valence-electron chi connectivity index (χ3n) is 6.99. The first-order valence-electron chi connectivity index (χ1n) is 12.2. The molecular formula is C29H34FN3O. The second kappa shape index (κ2) is 11.4. The fraction of sp³-hybridized carbons (Fsp3) is 0.379. The third-order valence-corrected chi connectivity index (χ3v) is 6.99. The Morgan fingerprint density at radius 3 is 2.32 bits per heavy atom. The Kier molecular flexibility index (Phi) is 8.07. The Balaban J connectivity index is 1.65. The molecule has 1 fully saturated rings. The van der Waals surface area contributed by atoms with Gasteiger partial charge in [0.1, 0.15) is 5.82 Å². The van der Waals surface area contributed by atoms with Crippen molar-refractivity contribution < 1.29 is 9.18 Å². The SMILES string of the molecule is CC(CC(=O)N(Cc1ccccn1)C(c1ccccc1)C1CCN(C)CC1)c1ccc(F)cc1. The van der Waals surface area contributed by atoms with Crippen LogP contribution in [0.1, 0.15) is 55.0 Å². The van der Waals surface area contributed by atoms with Gasteiger partial charge in [-0.05, 0) is 80.2 Å². The van der Waals surface area contributed by atoms with Crippen LogP contribution in [0.15, 0.2) is 79.0 Å². The van der Waals surface area contributed by atoms with Gasteiger partial charge >= 0.3 is 0 Å². The van der Waals surface area contributed by atoms with Gasteiger partial charge in [-0.25, -0.2) is 4.39 Å². The molecule has 1 aliphatic heterocycles. The molecule has 0 spiro atoms. The van der Waals surface area contributed by atoms with Crippen LogP contribution in [0.5, 0.6) is 0 Å². The summed E-state index contributed by atoms with van der Waals surface area (Å²) in [5.74, 6) is 0.223. The molecule has 1 amide bonds. The van der Waals surface area contributed by atoms with E-state index in [9.17, 15) is 9.18 Å². The second-order valence-corrected chi connectivity index (χ2v) is 9.50. The second-order valence-electron chi connectivity index (χ2n) is 9.50. The van der Waals surface area contributed by atoms with Crippen molar-refractivity contribution in [3.05, 3.63) is 102 Å². The number of piperidine rings is 1. The van der Waals surface area contributed by atoms with Gasteiger partial charge in [-0.3, -0.25) is 9.78 Å². The molecule has 1 saturated heterocycles. The molecule has 4 rings (SSSR count). The molecule has 3 aromatic rings. The summed E-state index contributed by atoms with van der Waals surface area (Å²) in [6.45, 7) is 4.58. The van der Waals surface area contributed by atoms with Crippen molar-refractivity contribution in [3.63, 3.8) is 0 Å². The quantitative estimate of drug-likeness (QED) is 0.425. The highest BCUT2D eigenvalue weighted by Gasteiger charge is 2.34. The number of aromatic nitrogens is 1. The smallest absolute Gasteiger partial charge is 0.224 e. The summed E-state index contributed by atoms with van der Waals surface area (Å²) < 4.78 is 13.4. The molecule has 0 N–H and O–H groups in total. The minimum Gasteiger partial charge on any atom is -0.329 e. The molecule has 2 aromatic carbocycles. The van der Waals surface area contributed by atoms with E-state index in [2.05, 4.69) is 41.2 Å². The zero-order chi connectivity index (χ0) is 23.9. The van der Waals surface area contributed by atoms with Gasteiger partial charge in [0.2, 0.25) is 5.91 Å². The lowest BCUT2D eigenvalue weighted by atomic mass is 9.83. The zero-order valence-corrected chi connectivity index (χ0v) is 20.1. The Morgan fingerprint density at radius 2 is 1.68 bits per heavy atom. The molecule has 4 nitrogen and oxygen atoms in total. The maximum atomic E-state index is 13.9. The minimum absolute atomic E-state index is 0.00625. The number of nitrogens with zero attached hydrogens (tertiary/aromatic N) is 3. The highest BCUT2D eigenvalue weighted by molar-refractivity contribution is 5.77. The van der Waals surface area contributed by atoms with Crippen LogP contribution in [-0.4, -0.2) is 40.8 Å². The fourth-order valence-electron chi connectivity index (χ4n) is 5.00. The predicted molar refractivity (Wildman–Crippen MR) is 134 cm³/mol. The van der Waals surface area contributed by atoms with Crippen LogP contribution in [0.4, 0.5) is 4.39 Å². The number of amides is 1. The first-order chi connectivity index (χ1) is 16.5. The number of likely N-dealkylation sites (tertiary alicyclic amines) is 1. The highest BCUT2D eigenvalue weighted by atomic mass is 19.1. The summed E-state index contributed by atoms with van der Waals surface area (Å²) >= 11 is 0. The maximum Gasteiger partial charge on any atom is 0.224 e. The van der Waals surface area contributed by atoms with Crippen LogP contribution in [0.3, 0.4) is 0 Å². The van der Waals surface area contributed by atoms with E-state index in [1.807, 2.05) is 36.1 Å². The topological polar surface area (TPSA) is 36.4 Å². The van der Waals surface area contributed by atoms with E-state index in [0.717, 1.165) is 37.2 Å². The van der Waals surface area contributed by atoms with E-state index in [1.54, 1.807) is 18.3 Å². The minimum atomic E-state index is -0.259.